The molecule has 0 aromatic carbocycles. The molecule has 0 unspecified atom stereocenters. The molecule has 66 valence electrons. The molecule has 0 aliphatic carbocycles. The second kappa shape index (κ2) is 3.58. The number of allylic oxidation sites excluding steroid dienone is 2. The Bertz CT molecular complexity index is 170. The van der Waals surface area contributed by atoms with E-state index in [4.69, 9.17) is 0 Å². The molecule has 0 bridgehead atoms. The van der Waals surface area contributed by atoms with Crippen LogP contribution in [0.2, 0.25) is 0 Å². The highest BCUT2D eigenvalue weighted by molar-refractivity contribution is 6.39. The van der Waals surface area contributed by atoms with Crippen molar-refractivity contribution in [3.05, 3.63) is 10.1 Å². The van der Waals surface area contributed by atoms with Crippen LogP contribution in [0.3, 0.4) is 0 Å². The van der Waals surface area contributed by atoms with Crippen molar-refractivity contribution in [1.29, 1.82) is 0 Å². The van der Waals surface area contributed by atoms with Crippen molar-refractivity contribution in [3.8, 4) is 0 Å². The molecule has 0 atom stereocenters. The van der Waals surface area contributed by atoms with E-state index >= 15 is 0 Å². The maximum Gasteiger partial charge on any atom is 0.428 e. The summed E-state index contributed by atoms with van der Waals surface area (Å²) < 4.78 is 57.2. The Morgan fingerprint density at radius 2 is 1.45 bits per heavy atom. The van der Waals surface area contributed by atoms with E-state index in [1.165, 1.54) is 0 Å². The molecule has 0 aliphatic heterocycles. The van der Waals surface area contributed by atoms with Gasteiger partial charge in [-0.3, -0.25) is 0 Å². The number of hydrogen-bond acceptors (Lipinski definition) is 0. The second-order valence-electron chi connectivity index (χ2n) is 1.46. The molecule has 0 nitrogen and oxygen atoms in total. The van der Waals surface area contributed by atoms with E-state index in [1.54, 1.807) is 0 Å². The van der Waals surface area contributed by atoms with Crippen molar-refractivity contribution >= 4 is 23.2 Å². The summed E-state index contributed by atoms with van der Waals surface area (Å²) in [7, 11) is 0. The molecule has 0 amide bonds. The monoisotopic (exact) mass is 214 g/mol. The average molecular weight is 215 g/mol. The van der Waals surface area contributed by atoms with E-state index < -0.39 is 22.7 Å². The summed E-state index contributed by atoms with van der Waals surface area (Å²) in [6.07, 6.45) is -8.40. The smallest absolute Gasteiger partial charge is 0.204 e. The van der Waals surface area contributed by atoms with Crippen LogP contribution in [0.15, 0.2) is 10.1 Å². The normalized spacial score (nSPS) is 15.3. The van der Waals surface area contributed by atoms with Gasteiger partial charge in [-0.1, -0.05) is 23.2 Å². The molecule has 0 saturated heterocycles. The molecule has 0 radical (unpaired) electrons. The van der Waals surface area contributed by atoms with Crippen LogP contribution in [-0.2, 0) is 0 Å². The van der Waals surface area contributed by atoms with Gasteiger partial charge in [0.2, 0.25) is 0 Å². The minimum Gasteiger partial charge on any atom is -0.204 e. The molecule has 11 heavy (non-hydrogen) atoms. The van der Waals surface area contributed by atoms with Crippen LogP contribution in [-0.4, -0.2) is 12.6 Å². The van der Waals surface area contributed by atoms with Crippen LogP contribution in [0, 0.1) is 0 Å². The van der Waals surface area contributed by atoms with Gasteiger partial charge in [-0.25, -0.2) is 8.78 Å². The lowest BCUT2D eigenvalue weighted by Gasteiger charge is -2.06. The summed E-state index contributed by atoms with van der Waals surface area (Å²) in [6, 6.07) is 0. The summed E-state index contributed by atoms with van der Waals surface area (Å²) in [5.74, 6) is 0. The van der Waals surface area contributed by atoms with E-state index in [-0.39, 0.29) is 0 Å². The zero-order valence-corrected chi connectivity index (χ0v) is 6.23. The lowest BCUT2D eigenvalue weighted by molar-refractivity contribution is -0.0858. The quantitative estimate of drug-likeness (QED) is 0.587. The minimum atomic E-state index is -5.00. The molecular weight excluding hydrogens is 214 g/mol. The minimum absolute atomic E-state index is 1.68. The Morgan fingerprint density at radius 1 is 1.09 bits per heavy atom. The highest BCUT2D eigenvalue weighted by atomic mass is 35.5. The molecular formula is C4HCl2F5. The van der Waals surface area contributed by atoms with Gasteiger partial charge in [0.15, 0.2) is 0 Å². The van der Waals surface area contributed by atoms with Crippen molar-refractivity contribution in [2.24, 2.45) is 0 Å². The van der Waals surface area contributed by atoms with Crippen molar-refractivity contribution in [2.75, 3.05) is 0 Å². The first-order chi connectivity index (χ1) is 4.76. The fourth-order valence-corrected chi connectivity index (χ4v) is 0.421. The Hall–Kier alpha value is -0.0300. The van der Waals surface area contributed by atoms with Gasteiger partial charge < -0.3 is 0 Å². The lowest BCUT2D eigenvalue weighted by atomic mass is 10.5. The van der Waals surface area contributed by atoms with Gasteiger partial charge in [-0.2, -0.15) is 13.2 Å². The van der Waals surface area contributed by atoms with Crippen LogP contribution in [0.5, 0.6) is 0 Å². The van der Waals surface area contributed by atoms with Gasteiger partial charge in [-0.05, 0) is 0 Å². The van der Waals surface area contributed by atoms with Crippen molar-refractivity contribution in [3.63, 3.8) is 0 Å². The van der Waals surface area contributed by atoms with Gasteiger partial charge in [0, 0.05) is 0 Å². The van der Waals surface area contributed by atoms with Crippen LogP contribution < -0.4 is 0 Å². The van der Waals surface area contributed by atoms with Crippen molar-refractivity contribution < 1.29 is 22.0 Å². The first kappa shape index (κ1) is 11.0. The summed E-state index contributed by atoms with van der Waals surface area (Å²) in [6.45, 7) is 0. The number of rotatable bonds is 1. The largest absolute Gasteiger partial charge is 0.428 e. The Kier molecular flexibility index (Phi) is 3.57. The Labute approximate surface area is 68.6 Å². The van der Waals surface area contributed by atoms with E-state index in [0.29, 0.717) is 0 Å². The Morgan fingerprint density at radius 3 is 1.55 bits per heavy atom. The summed E-state index contributed by atoms with van der Waals surface area (Å²) in [5, 5.41) is -3.66. The molecule has 0 spiro atoms. The van der Waals surface area contributed by atoms with E-state index in [1.807, 2.05) is 0 Å². The summed E-state index contributed by atoms with van der Waals surface area (Å²) in [4.78, 5) is 0. The third-order valence-corrected chi connectivity index (χ3v) is 1.52. The molecule has 0 aromatic heterocycles. The first-order valence-electron chi connectivity index (χ1n) is 2.17. The summed E-state index contributed by atoms with van der Waals surface area (Å²) >= 11 is 8.97. The molecule has 7 heteroatoms. The maximum absolute atomic E-state index is 11.5. The van der Waals surface area contributed by atoms with Gasteiger partial charge in [0.1, 0.15) is 10.1 Å². The van der Waals surface area contributed by atoms with Crippen LogP contribution >= 0.6 is 23.2 Å². The Balaban J connectivity index is 4.67. The molecule has 0 aliphatic rings. The topological polar surface area (TPSA) is 0 Å². The third-order valence-electron chi connectivity index (χ3n) is 0.650. The molecule has 0 fully saturated rings. The average Bonchev–Trinajstić information content (AvgIpc) is 1.82. The molecule has 0 rings (SSSR count). The van der Waals surface area contributed by atoms with Crippen molar-refractivity contribution in [1.82, 2.24) is 0 Å². The highest BCUT2D eigenvalue weighted by Gasteiger charge is 2.36. The summed E-state index contributed by atoms with van der Waals surface area (Å²) in [5.41, 5.74) is 0. The van der Waals surface area contributed by atoms with Gasteiger partial charge in [-0.15, -0.1) is 0 Å². The number of halogens is 7. The number of alkyl halides is 5. The zero-order chi connectivity index (χ0) is 9.23. The maximum atomic E-state index is 11.5. The van der Waals surface area contributed by atoms with Crippen LogP contribution in [0.4, 0.5) is 22.0 Å². The van der Waals surface area contributed by atoms with Crippen LogP contribution in [0.25, 0.3) is 0 Å². The van der Waals surface area contributed by atoms with Gasteiger partial charge in [0.25, 0.3) is 6.43 Å². The zero-order valence-electron chi connectivity index (χ0n) is 4.72. The standard InChI is InChI=1S/C4HCl2F5/c5-1(3(7)8)2(6)4(9,10)11/h3H/b2-1+. The van der Waals surface area contributed by atoms with Crippen molar-refractivity contribution in [2.45, 2.75) is 12.6 Å². The highest BCUT2D eigenvalue weighted by Crippen LogP contribution is 2.34. The molecule has 0 saturated carbocycles. The van der Waals surface area contributed by atoms with E-state index in [9.17, 15) is 22.0 Å². The third kappa shape index (κ3) is 3.25. The van der Waals surface area contributed by atoms with Gasteiger partial charge in [0.05, 0.1) is 0 Å². The lowest BCUT2D eigenvalue weighted by Crippen LogP contribution is -2.10. The molecule has 0 aromatic rings. The van der Waals surface area contributed by atoms with Crippen LogP contribution in [0.1, 0.15) is 0 Å². The predicted octanol–water partition coefficient (Wildman–Crippen LogP) is 3.50. The second-order valence-corrected chi connectivity index (χ2v) is 2.25. The first-order valence-corrected chi connectivity index (χ1v) is 2.93. The molecule has 0 N–H and O–H groups in total. The molecule has 0 heterocycles. The fraction of sp³-hybridized carbons (Fsp3) is 0.500. The fourth-order valence-electron chi connectivity index (χ4n) is 0.231. The van der Waals surface area contributed by atoms with Gasteiger partial charge >= 0.3 is 6.18 Å². The number of hydrogen-bond donors (Lipinski definition) is 0. The predicted molar refractivity (Wildman–Crippen MR) is 30.8 cm³/mol. The SMILES string of the molecule is FC(F)/C(Cl)=C(\Cl)C(F)(F)F. The van der Waals surface area contributed by atoms with E-state index in [2.05, 4.69) is 23.2 Å². The van der Waals surface area contributed by atoms with E-state index in [0.717, 1.165) is 0 Å².